The summed E-state index contributed by atoms with van der Waals surface area (Å²) in [6.45, 7) is 3.52. The summed E-state index contributed by atoms with van der Waals surface area (Å²) < 4.78 is 4.65. The number of carbonyl (C=O) groups is 2. The average Bonchev–Trinajstić information content (AvgIpc) is 2.91. The van der Waals surface area contributed by atoms with Crippen molar-refractivity contribution >= 4 is 11.9 Å². The largest absolute Gasteiger partial charge is 0.480 e. The average molecular weight is 309 g/mol. The van der Waals surface area contributed by atoms with E-state index in [1.54, 1.807) is 12.3 Å². The van der Waals surface area contributed by atoms with Gasteiger partial charge in [-0.15, -0.1) is 0 Å². The molecule has 0 atom stereocenters. The number of esters is 1. The fraction of sp³-hybridized carbons (Fsp3) is 0.600. The van der Waals surface area contributed by atoms with Crippen LogP contribution in [0.15, 0.2) is 12.3 Å². The quantitative estimate of drug-likeness (QED) is 0.616. The molecule has 0 amide bonds. The van der Waals surface area contributed by atoms with E-state index in [-0.39, 0.29) is 12.5 Å². The maximum atomic E-state index is 11.3. The number of methoxy groups -OCH3 is 1. The molecule has 1 aliphatic carbocycles. The van der Waals surface area contributed by atoms with Crippen molar-refractivity contribution in [2.45, 2.75) is 38.4 Å². The summed E-state index contributed by atoms with van der Waals surface area (Å²) in [7, 11) is 1.35. The van der Waals surface area contributed by atoms with Crippen molar-refractivity contribution in [3.8, 4) is 0 Å². The van der Waals surface area contributed by atoms with Gasteiger partial charge in [0.15, 0.2) is 0 Å². The second-order valence-electron chi connectivity index (χ2n) is 5.57. The molecular weight excluding hydrogens is 286 g/mol. The molecule has 0 unspecified atom stereocenters. The standard InChI is InChI=1S/C15H23N3O4/c1-3-18(9-14(19)20)12-5-11(6-12)16-7-10-4-13(17-8-10)15(21)22-2/h4,8,11-12,16-17H,3,5-7,9H2,1-2H3,(H,19,20). The second-order valence-corrected chi connectivity index (χ2v) is 5.57. The first-order valence-electron chi connectivity index (χ1n) is 7.48. The molecule has 22 heavy (non-hydrogen) atoms. The van der Waals surface area contributed by atoms with E-state index in [9.17, 15) is 9.59 Å². The number of carboxylic acids is 1. The third-order valence-electron chi connectivity index (χ3n) is 4.12. The molecule has 0 bridgehead atoms. The van der Waals surface area contributed by atoms with Crippen molar-refractivity contribution in [3.63, 3.8) is 0 Å². The van der Waals surface area contributed by atoms with Gasteiger partial charge in [0, 0.05) is 24.8 Å². The van der Waals surface area contributed by atoms with Gasteiger partial charge in [-0.3, -0.25) is 9.69 Å². The van der Waals surface area contributed by atoms with Crippen LogP contribution in [0.1, 0.15) is 35.8 Å². The lowest BCUT2D eigenvalue weighted by atomic mass is 9.85. The molecule has 1 saturated carbocycles. The van der Waals surface area contributed by atoms with Crippen LogP contribution in [0.4, 0.5) is 0 Å². The fourth-order valence-electron chi connectivity index (χ4n) is 2.76. The lowest BCUT2D eigenvalue weighted by Gasteiger charge is -2.42. The molecular formula is C15H23N3O4. The van der Waals surface area contributed by atoms with Crippen molar-refractivity contribution in [2.24, 2.45) is 0 Å². The Morgan fingerprint density at radius 2 is 2.23 bits per heavy atom. The molecule has 122 valence electrons. The van der Waals surface area contributed by atoms with Crippen LogP contribution in [0.25, 0.3) is 0 Å². The normalized spacial score (nSPS) is 20.7. The molecule has 3 N–H and O–H groups in total. The van der Waals surface area contributed by atoms with E-state index in [1.807, 2.05) is 11.8 Å². The van der Waals surface area contributed by atoms with Crippen LogP contribution in [0.2, 0.25) is 0 Å². The van der Waals surface area contributed by atoms with E-state index in [0.29, 0.717) is 24.3 Å². The summed E-state index contributed by atoms with van der Waals surface area (Å²) >= 11 is 0. The van der Waals surface area contributed by atoms with Gasteiger partial charge in [-0.2, -0.15) is 0 Å². The minimum absolute atomic E-state index is 0.105. The smallest absolute Gasteiger partial charge is 0.354 e. The number of carbonyl (C=O) groups excluding carboxylic acids is 1. The number of aliphatic carboxylic acids is 1. The number of aromatic amines is 1. The number of likely N-dealkylation sites (N-methyl/N-ethyl adjacent to an activating group) is 1. The number of rotatable bonds is 8. The van der Waals surface area contributed by atoms with Gasteiger partial charge in [-0.1, -0.05) is 6.92 Å². The highest BCUT2D eigenvalue weighted by Crippen LogP contribution is 2.25. The Morgan fingerprint density at radius 3 is 2.82 bits per heavy atom. The number of ether oxygens (including phenoxy) is 1. The van der Waals surface area contributed by atoms with Crippen molar-refractivity contribution in [2.75, 3.05) is 20.2 Å². The van der Waals surface area contributed by atoms with Gasteiger partial charge in [-0.25, -0.2) is 4.79 Å². The SMILES string of the molecule is CCN(CC(=O)O)C1CC(NCc2c[nH]c(C(=O)OC)c2)C1. The summed E-state index contributed by atoms with van der Waals surface area (Å²) in [5, 5.41) is 12.3. The zero-order valence-corrected chi connectivity index (χ0v) is 13.0. The second kappa shape index (κ2) is 7.42. The molecule has 7 nitrogen and oxygen atoms in total. The predicted molar refractivity (Wildman–Crippen MR) is 80.7 cm³/mol. The predicted octanol–water partition coefficient (Wildman–Crippen LogP) is 0.828. The third-order valence-corrected chi connectivity index (χ3v) is 4.12. The Bertz CT molecular complexity index is 523. The van der Waals surface area contributed by atoms with Crippen molar-refractivity contribution < 1.29 is 19.4 Å². The van der Waals surface area contributed by atoms with Crippen LogP contribution in [0, 0.1) is 0 Å². The topological polar surface area (TPSA) is 94.7 Å². The Kier molecular flexibility index (Phi) is 5.57. The summed E-state index contributed by atoms with van der Waals surface area (Å²) in [6.07, 6.45) is 3.70. The third kappa shape index (κ3) is 4.08. The Labute approximate surface area is 129 Å². The molecule has 2 rings (SSSR count). The summed E-state index contributed by atoms with van der Waals surface area (Å²) in [4.78, 5) is 27.0. The minimum atomic E-state index is -0.777. The molecule has 0 aliphatic heterocycles. The molecule has 0 saturated heterocycles. The summed E-state index contributed by atoms with van der Waals surface area (Å²) in [5.74, 6) is -1.15. The lowest BCUT2D eigenvalue weighted by Crippen LogP contribution is -2.53. The van der Waals surface area contributed by atoms with Gasteiger partial charge in [0.25, 0.3) is 0 Å². The fourth-order valence-corrected chi connectivity index (χ4v) is 2.76. The summed E-state index contributed by atoms with van der Waals surface area (Å²) in [5.41, 5.74) is 1.45. The van der Waals surface area contributed by atoms with E-state index >= 15 is 0 Å². The molecule has 1 aliphatic rings. The zero-order valence-electron chi connectivity index (χ0n) is 13.0. The van der Waals surface area contributed by atoms with Crippen LogP contribution in [-0.2, 0) is 16.1 Å². The number of nitrogens with zero attached hydrogens (tertiary/aromatic N) is 1. The Hall–Kier alpha value is -1.86. The Balaban J connectivity index is 1.73. The first-order valence-corrected chi connectivity index (χ1v) is 7.48. The number of aromatic nitrogens is 1. The number of carboxylic acid groups (broad SMARTS) is 1. The van der Waals surface area contributed by atoms with E-state index in [0.717, 1.165) is 24.9 Å². The highest BCUT2D eigenvalue weighted by atomic mass is 16.5. The molecule has 1 heterocycles. The van der Waals surface area contributed by atoms with E-state index in [1.165, 1.54) is 7.11 Å². The van der Waals surface area contributed by atoms with Crippen LogP contribution in [0.3, 0.4) is 0 Å². The van der Waals surface area contributed by atoms with Gasteiger partial charge in [0.05, 0.1) is 13.7 Å². The van der Waals surface area contributed by atoms with Gasteiger partial charge in [-0.05, 0) is 31.0 Å². The van der Waals surface area contributed by atoms with Crippen LogP contribution >= 0.6 is 0 Å². The van der Waals surface area contributed by atoms with Gasteiger partial charge >= 0.3 is 11.9 Å². The molecule has 1 fully saturated rings. The molecule has 1 aromatic heterocycles. The monoisotopic (exact) mass is 309 g/mol. The number of hydrogen-bond acceptors (Lipinski definition) is 5. The van der Waals surface area contributed by atoms with Gasteiger partial charge in [0.2, 0.25) is 0 Å². The van der Waals surface area contributed by atoms with E-state index < -0.39 is 5.97 Å². The highest BCUT2D eigenvalue weighted by molar-refractivity contribution is 5.87. The Morgan fingerprint density at radius 1 is 1.50 bits per heavy atom. The van der Waals surface area contributed by atoms with Crippen molar-refractivity contribution in [1.29, 1.82) is 0 Å². The number of H-pyrrole nitrogens is 1. The minimum Gasteiger partial charge on any atom is -0.480 e. The number of nitrogens with one attached hydrogen (secondary N) is 2. The first-order chi connectivity index (χ1) is 10.5. The summed E-state index contributed by atoms with van der Waals surface area (Å²) in [6, 6.07) is 2.51. The molecule has 7 heteroatoms. The van der Waals surface area contributed by atoms with E-state index in [4.69, 9.17) is 5.11 Å². The van der Waals surface area contributed by atoms with Crippen LogP contribution in [0.5, 0.6) is 0 Å². The zero-order chi connectivity index (χ0) is 16.1. The van der Waals surface area contributed by atoms with E-state index in [2.05, 4.69) is 15.0 Å². The molecule has 0 aromatic carbocycles. The van der Waals surface area contributed by atoms with Crippen LogP contribution in [-0.4, -0.2) is 59.2 Å². The van der Waals surface area contributed by atoms with Gasteiger partial charge < -0.3 is 20.1 Å². The molecule has 1 aromatic rings. The maximum Gasteiger partial charge on any atom is 0.354 e. The highest BCUT2D eigenvalue weighted by Gasteiger charge is 2.33. The van der Waals surface area contributed by atoms with Crippen molar-refractivity contribution in [3.05, 3.63) is 23.5 Å². The van der Waals surface area contributed by atoms with Crippen molar-refractivity contribution in [1.82, 2.24) is 15.2 Å². The molecule has 0 spiro atoms. The lowest BCUT2D eigenvalue weighted by molar-refractivity contribution is -0.139. The molecule has 0 radical (unpaired) electrons. The van der Waals surface area contributed by atoms with Gasteiger partial charge in [0.1, 0.15) is 5.69 Å². The van der Waals surface area contributed by atoms with Crippen LogP contribution < -0.4 is 5.32 Å². The maximum absolute atomic E-state index is 11.3. The first kappa shape index (κ1) is 16.5. The number of hydrogen-bond donors (Lipinski definition) is 3.